The summed E-state index contributed by atoms with van der Waals surface area (Å²) in [6.07, 6.45) is 1.27. The lowest BCUT2D eigenvalue weighted by atomic mass is 9.88. The first-order chi connectivity index (χ1) is 8.00. The van der Waals surface area contributed by atoms with E-state index in [1.807, 2.05) is 0 Å². The minimum absolute atomic E-state index is 0.194. The number of amides is 1. The Hall–Kier alpha value is -1.78. The van der Waals surface area contributed by atoms with Gasteiger partial charge in [0, 0.05) is 25.1 Å². The SMILES string of the molecule is CC(=O)Nc1cc(F)c(F)c2c1CCCC2=O. The third kappa shape index (κ3) is 2.05. The topological polar surface area (TPSA) is 46.2 Å². The molecule has 0 unspecified atom stereocenters. The van der Waals surface area contributed by atoms with Crippen molar-refractivity contribution in [3.8, 4) is 0 Å². The van der Waals surface area contributed by atoms with Crippen LogP contribution in [0.2, 0.25) is 0 Å². The van der Waals surface area contributed by atoms with Crippen molar-refractivity contribution in [2.75, 3.05) is 5.32 Å². The third-order valence-electron chi connectivity index (χ3n) is 2.75. The van der Waals surface area contributed by atoms with Crippen LogP contribution in [0.25, 0.3) is 0 Å². The summed E-state index contributed by atoms with van der Waals surface area (Å²) in [7, 11) is 0. The normalized spacial score (nSPS) is 14.4. The summed E-state index contributed by atoms with van der Waals surface area (Å²) >= 11 is 0. The first-order valence-corrected chi connectivity index (χ1v) is 5.32. The van der Waals surface area contributed by atoms with E-state index in [1.54, 1.807) is 0 Å². The Labute approximate surface area is 96.8 Å². The second kappa shape index (κ2) is 4.24. The van der Waals surface area contributed by atoms with Crippen LogP contribution in [0.15, 0.2) is 6.07 Å². The maximum Gasteiger partial charge on any atom is 0.221 e. The highest BCUT2D eigenvalue weighted by molar-refractivity contribution is 6.01. The predicted molar refractivity (Wildman–Crippen MR) is 57.9 cm³/mol. The minimum Gasteiger partial charge on any atom is -0.326 e. The molecule has 1 aromatic carbocycles. The molecule has 0 aliphatic heterocycles. The number of hydrogen-bond donors (Lipinski definition) is 1. The molecule has 0 saturated carbocycles. The standard InChI is InChI=1S/C12H11F2NO2/c1-6(16)15-9-5-8(13)12(14)11-7(9)3-2-4-10(11)17/h5H,2-4H2,1H3,(H,15,16). The Balaban J connectivity index is 2.62. The van der Waals surface area contributed by atoms with Crippen molar-refractivity contribution in [3.63, 3.8) is 0 Å². The Morgan fingerprint density at radius 3 is 2.71 bits per heavy atom. The molecule has 0 aromatic heterocycles. The number of halogens is 2. The third-order valence-corrected chi connectivity index (χ3v) is 2.75. The summed E-state index contributed by atoms with van der Waals surface area (Å²) in [5.41, 5.74) is 0.384. The zero-order chi connectivity index (χ0) is 12.6. The molecule has 1 aromatic rings. The van der Waals surface area contributed by atoms with Crippen molar-refractivity contribution in [1.82, 2.24) is 0 Å². The van der Waals surface area contributed by atoms with Crippen LogP contribution in [0.3, 0.4) is 0 Å². The number of nitrogens with one attached hydrogen (secondary N) is 1. The van der Waals surface area contributed by atoms with Gasteiger partial charge in [0.25, 0.3) is 0 Å². The average Bonchev–Trinajstić information content (AvgIpc) is 2.24. The molecule has 1 amide bonds. The van der Waals surface area contributed by atoms with E-state index < -0.39 is 17.4 Å². The highest BCUT2D eigenvalue weighted by atomic mass is 19.2. The van der Waals surface area contributed by atoms with Crippen LogP contribution in [-0.2, 0) is 11.2 Å². The zero-order valence-corrected chi connectivity index (χ0v) is 9.27. The van der Waals surface area contributed by atoms with Gasteiger partial charge in [0.05, 0.1) is 5.56 Å². The lowest BCUT2D eigenvalue weighted by Gasteiger charge is -2.19. The van der Waals surface area contributed by atoms with Crippen LogP contribution in [0, 0.1) is 11.6 Å². The van der Waals surface area contributed by atoms with Crippen molar-refractivity contribution < 1.29 is 18.4 Å². The van der Waals surface area contributed by atoms with Gasteiger partial charge in [-0.25, -0.2) is 8.78 Å². The molecule has 0 spiro atoms. The number of hydrogen-bond acceptors (Lipinski definition) is 2. The maximum atomic E-state index is 13.5. The fourth-order valence-electron chi connectivity index (χ4n) is 2.07. The maximum absolute atomic E-state index is 13.5. The number of rotatable bonds is 1. The van der Waals surface area contributed by atoms with E-state index in [1.165, 1.54) is 6.92 Å². The molecule has 0 bridgehead atoms. The number of anilines is 1. The quantitative estimate of drug-likeness (QED) is 0.818. The Kier molecular flexibility index (Phi) is 2.92. The highest BCUT2D eigenvalue weighted by Crippen LogP contribution is 2.31. The highest BCUT2D eigenvalue weighted by Gasteiger charge is 2.26. The molecule has 1 aliphatic rings. The Morgan fingerprint density at radius 2 is 2.06 bits per heavy atom. The van der Waals surface area contributed by atoms with E-state index in [4.69, 9.17) is 0 Å². The first kappa shape index (κ1) is 11.7. The summed E-state index contributed by atoms with van der Waals surface area (Å²) in [6.45, 7) is 1.28. The summed E-state index contributed by atoms with van der Waals surface area (Å²) in [6, 6.07) is 0.925. The molecule has 2 rings (SSSR count). The van der Waals surface area contributed by atoms with E-state index >= 15 is 0 Å². The lowest BCUT2D eigenvalue weighted by molar-refractivity contribution is -0.114. The Bertz CT molecular complexity index is 512. The van der Waals surface area contributed by atoms with Gasteiger partial charge in [-0.3, -0.25) is 9.59 Å². The summed E-state index contributed by atoms with van der Waals surface area (Å²) in [4.78, 5) is 22.5. The first-order valence-electron chi connectivity index (χ1n) is 5.32. The van der Waals surface area contributed by atoms with Gasteiger partial charge in [-0.1, -0.05) is 0 Å². The molecule has 1 N–H and O–H groups in total. The van der Waals surface area contributed by atoms with Gasteiger partial charge in [0.1, 0.15) is 0 Å². The van der Waals surface area contributed by atoms with Crippen molar-refractivity contribution >= 4 is 17.4 Å². The van der Waals surface area contributed by atoms with Crippen LogP contribution in [-0.4, -0.2) is 11.7 Å². The molecule has 0 radical (unpaired) electrons. The fraction of sp³-hybridized carbons (Fsp3) is 0.333. The number of ketones is 1. The van der Waals surface area contributed by atoms with Crippen molar-refractivity contribution in [2.24, 2.45) is 0 Å². The number of Topliss-reactive ketones (excluding diaryl/α,β-unsaturated/α-hetero) is 1. The van der Waals surface area contributed by atoms with E-state index in [-0.39, 0.29) is 23.6 Å². The molecule has 0 heterocycles. The van der Waals surface area contributed by atoms with Gasteiger partial charge in [-0.05, 0) is 18.4 Å². The molecule has 0 atom stereocenters. The van der Waals surface area contributed by atoms with Gasteiger partial charge in [0.15, 0.2) is 17.4 Å². The molecule has 1 aliphatic carbocycles. The van der Waals surface area contributed by atoms with Gasteiger partial charge < -0.3 is 5.32 Å². The van der Waals surface area contributed by atoms with Gasteiger partial charge in [0.2, 0.25) is 5.91 Å². The van der Waals surface area contributed by atoms with E-state index in [2.05, 4.69) is 5.32 Å². The zero-order valence-electron chi connectivity index (χ0n) is 9.27. The number of carbonyl (C=O) groups excluding carboxylic acids is 2. The van der Waals surface area contributed by atoms with Crippen LogP contribution < -0.4 is 5.32 Å². The fourth-order valence-corrected chi connectivity index (χ4v) is 2.07. The smallest absolute Gasteiger partial charge is 0.221 e. The summed E-state index contributed by atoms with van der Waals surface area (Å²) in [5, 5.41) is 2.42. The molecule has 0 fully saturated rings. The molecule has 90 valence electrons. The minimum atomic E-state index is -1.11. The predicted octanol–water partition coefficient (Wildman–Crippen LogP) is 2.44. The lowest BCUT2D eigenvalue weighted by Crippen LogP contribution is -2.18. The van der Waals surface area contributed by atoms with Gasteiger partial charge in [-0.2, -0.15) is 0 Å². The number of benzene rings is 1. The largest absolute Gasteiger partial charge is 0.326 e. The van der Waals surface area contributed by atoms with Gasteiger partial charge in [-0.15, -0.1) is 0 Å². The second-order valence-corrected chi connectivity index (χ2v) is 4.03. The summed E-state index contributed by atoms with van der Waals surface area (Å²) < 4.78 is 26.9. The number of fused-ring (bicyclic) bond motifs is 1. The molecule has 3 nitrogen and oxygen atoms in total. The van der Waals surface area contributed by atoms with Crippen LogP contribution in [0.4, 0.5) is 14.5 Å². The van der Waals surface area contributed by atoms with E-state index in [0.717, 1.165) is 6.07 Å². The van der Waals surface area contributed by atoms with E-state index in [0.29, 0.717) is 18.4 Å². The van der Waals surface area contributed by atoms with E-state index in [9.17, 15) is 18.4 Å². The number of carbonyl (C=O) groups is 2. The Morgan fingerprint density at radius 1 is 1.35 bits per heavy atom. The van der Waals surface area contributed by atoms with Crippen LogP contribution >= 0.6 is 0 Å². The average molecular weight is 239 g/mol. The molecular weight excluding hydrogens is 228 g/mol. The molecule has 17 heavy (non-hydrogen) atoms. The second-order valence-electron chi connectivity index (χ2n) is 4.03. The molecular formula is C12H11F2NO2. The van der Waals surface area contributed by atoms with Crippen LogP contribution in [0.5, 0.6) is 0 Å². The van der Waals surface area contributed by atoms with Gasteiger partial charge >= 0.3 is 0 Å². The van der Waals surface area contributed by atoms with Crippen LogP contribution in [0.1, 0.15) is 35.7 Å². The summed E-state index contributed by atoms with van der Waals surface area (Å²) in [5.74, 6) is -3.01. The van der Waals surface area contributed by atoms with Crippen molar-refractivity contribution in [1.29, 1.82) is 0 Å². The molecule has 5 heteroatoms. The van der Waals surface area contributed by atoms with Crippen molar-refractivity contribution in [3.05, 3.63) is 28.8 Å². The van der Waals surface area contributed by atoms with Crippen molar-refractivity contribution in [2.45, 2.75) is 26.2 Å². The monoisotopic (exact) mass is 239 g/mol. The molecule has 0 saturated heterocycles.